The Labute approximate surface area is 151 Å². The van der Waals surface area contributed by atoms with E-state index in [0.29, 0.717) is 29.6 Å². The number of anilines is 1. The fourth-order valence-corrected chi connectivity index (χ4v) is 3.27. The van der Waals surface area contributed by atoms with Crippen LogP contribution in [0.4, 0.5) is 5.69 Å². The second kappa shape index (κ2) is 7.12. The van der Waals surface area contributed by atoms with Crippen LogP contribution in [0.3, 0.4) is 0 Å². The number of aromatic nitrogens is 3. The van der Waals surface area contributed by atoms with E-state index >= 15 is 0 Å². The summed E-state index contributed by atoms with van der Waals surface area (Å²) in [4.78, 5) is 8.04. The van der Waals surface area contributed by atoms with Gasteiger partial charge in [-0.05, 0) is 45.0 Å². The van der Waals surface area contributed by atoms with Crippen molar-refractivity contribution in [2.75, 3.05) is 4.72 Å². The maximum absolute atomic E-state index is 12.4. The van der Waals surface area contributed by atoms with E-state index in [9.17, 15) is 8.42 Å². The van der Waals surface area contributed by atoms with Crippen molar-refractivity contribution >= 4 is 15.7 Å². The smallest absolute Gasteiger partial charge is 0.261 e. The number of nitrogens with zero attached hydrogens (tertiary/aromatic N) is 3. The Bertz CT molecular complexity index is 977. The zero-order valence-corrected chi connectivity index (χ0v) is 15.4. The molecule has 0 atom stereocenters. The molecule has 0 radical (unpaired) electrons. The van der Waals surface area contributed by atoms with E-state index in [1.807, 2.05) is 13.8 Å². The molecule has 0 fully saturated rings. The van der Waals surface area contributed by atoms with Gasteiger partial charge in [0.1, 0.15) is 23.9 Å². The van der Waals surface area contributed by atoms with Gasteiger partial charge in [0.15, 0.2) is 0 Å². The van der Waals surface area contributed by atoms with Crippen molar-refractivity contribution in [3.63, 3.8) is 0 Å². The van der Waals surface area contributed by atoms with Crippen LogP contribution in [0, 0.1) is 20.8 Å². The Balaban J connectivity index is 1.69. The van der Waals surface area contributed by atoms with Crippen LogP contribution in [0.5, 0.6) is 5.75 Å². The molecule has 26 heavy (non-hydrogen) atoms. The zero-order valence-electron chi connectivity index (χ0n) is 14.6. The van der Waals surface area contributed by atoms with Crippen LogP contribution >= 0.6 is 0 Å². The van der Waals surface area contributed by atoms with Crippen LogP contribution in [0.1, 0.15) is 22.8 Å². The number of nitrogens with one attached hydrogen (secondary N) is 1. The summed E-state index contributed by atoms with van der Waals surface area (Å²) in [5.41, 5.74) is 1.95. The molecule has 0 saturated heterocycles. The van der Waals surface area contributed by atoms with E-state index in [4.69, 9.17) is 9.26 Å². The average Bonchev–Trinajstić information content (AvgIpc) is 2.93. The molecular weight excluding hydrogens is 356 g/mol. The van der Waals surface area contributed by atoms with Crippen LogP contribution in [0.15, 0.2) is 46.1 Å². The van der Waals surface area contributed by atoms with Crippen LogP contribution < -0.4 is 9.46 Å². The molecule has 1 aromatic carbocycles. The first-order chi connectivity index (χ1) is 12.3. The fraction of sp³-hybridized carbons (Fsp3) is 0.235. The van der Waals surface area contributed by atoms with E-state index in [0.717, 1.165) is 11.3 Å². The number of hydrogen-bond donors (Lipinski definition) is 1. The lowest BCUT2D eigenvalue weighted by Gasteiger charge is -2.09. The molecule has 0 aliphatic rings. The van der Waals surface area contributed by atoms with E-state index in [1.165, 1.54) is 24.5 Å². The van der Waals surface area contributed by atoms with Crippen LogP contribution in [-0.2, 0) is 16.6 Å². The molecular formula is C17H18N4O4S. The topological polar surface area (TPSA) is 107 Å². The van der Waals surface area contributed by atoms with Gasteiger partial charge in [0.05, 0.1) is 34.2 Å². The number of ether oxygens (including phenoxy) is 1. The Morgan fingerprint density at radius 3 is 2.31 bits per heavy atom. The lowest BCUT2D eigenvalue weighted by atomic mass is 10.2. The lowest BCUT2D eigenvalue weighted by molar-refractivity contribution is 0.301. The monoisotopic (exact) mass is 374 g/mol. The highest BCUT2D eigenvalue weighted by atomic mass is 32.2. The number of aryl methyl sites for hydroxylation is 3. The molecule has 3 aromatic rings. The normalized spacial score (nSPS) is 11.3. The average molecular weight is 374 g/mol. The second-order valence-corrected chi connectivity index (χ2v) is 7.37. The molecule has 0 aliphatic carbocycles. The molecule has 0 bridgehead atoms. The summed E-state index contributed by atoms with van der Waals surface area (Å²) < 4.78 is 38.0. The van der Waals surface area contributed by atoms with E-state index in [1.54, 1.807) is 19.1 Å². The standard InChI is InChI=1S/C17H18N4O4S/c1-11-17(12(2)25-20-11)10-24-15-4-6-16(7-5-15)26(22,23)21-14-8-18-13(3)19-9-14/h4-9,21H,10H2,1-3H3. The molecule has 0 aliphatic heterocycles. The molecule has 1 N–H and O–H groups in total. The molecule has 0 amide bonds. The third kappa shape index (κ3) is 3.99. The number of rotatable bonds is 6. The van der Waals surface area contributed by atoms with E-state index in [-0.39, 0.29) is 4.90 Å². The van der Waals surface area contributed by atoms with Crippen molar-refractivity contribution in [2.45, 2.75) is 32.3 Å². The Kier molecular flexibility index (Phi) is 4.90. The summed E-state index contributed by atoms with van der Waals surface area (Å²) in [6.45, 7) is 5.67. The highest BCUT2D eigenvalue weighted by Gasteiger charge is 2.15. The molecule has 8 nitrogen and oxygen atoms in total. The summed E-state index contributed by atoms with van der Waals surface area (Å²) in [7, 11) is -3.73. The van der Waals surface area contributed by atoms with Gasteiger partial charge in [0.2, 0.25) is 0 Å². The summed E-state index contributed by atoms with van der Waals surface area (Å²) in [5.74, 6) is 1.81. The molecule has 0 saturated carbocycles. The van der Waals surface area contributed by atoms with Gasteiger partial charge >= 0.3 is 0 Å². The van der Waals surface area contributed by atoms with Gasteiger partial charge < -0.3 is 9.26 Å². The van der Waals surface area contributed by atoms with Crippen molar-refractivity contribution < 1.29 is 17.7 Å². The van der Waals surface area contributed by atoms with Gasteiger partial charge in [0.25, 0.3) is 10.0 Å². The highest BCUT2D eigenvalue weighted by Crippen LogP contribution is 2.21. The summed E-state index contributed by atoms with van der Waals surface area (Å²) in [6, 6.07) is 6.14. The highest BCUT2D eigenvalue weighted by molar-refractivity contribution is 7.92. The molecule has 2 heterocycles. The minimum atomic E-state index is -3.73. The Morgan fingerprint density at radius 1 is 1.08 bits per heavy atom. The van der Waals surface area contributed by atoms with Crippen molar-refractivity contribution in [1.29, 1.82) is 0 Å². The first kappa shape index (κ1) is 17.9. The lowest BCUT2D eigenvalue weighted by Crippen LogP contribution is -2.13. The first-order valence-corrected chi connectivity index (χ1v) is 9.29. The SMILES string of the molecule is Cc1ncc(NS(=O)(=O)c2ccc(OCc3c(C)noc3C)cc2)cn1. The number of benzene rings is 1. The van der Waals surface area contributed by atoms with Gasteiger partial charge in [-0.1, -0.05) is 5.16 Å². The Morgan fingerprint density at radius 2 is 1.73 bits per heavy atom. The second-order valence-electron chi connectivity index (χ2n) is 5.69. The molecule has 2 aromatic heterocycles. The van der Waals surface area contributed by atoms with Crippen molar-refractivity contribution in [3.8, 4) is 5.75 Å². The van der Waals surface area contributed by atoms with Crippen molar-refractivity contribution in [3.05, 3.63) is 59.5 Å². The van der Waals surface area contributed by atoms with Gasteiger partial charge in [-0.3, -0.25) is 4.72 Å². The molecule has 3 rings (SSSR count). The maximum Gasteiger partial charge on any atom is 0.261 e. The fourth-order valence-electron chi connectivity index (χ4n) is 2.24. The van der Waals surface area contributed by atoms with Gasteiger partial charge in [-0.25, -0.2) is 18.4 Å². The third-order valence-corrected chi connectivity index (χ3v) is 5.13. The summed E-state index contributed by atoms with van der Waals surface area (Å²) in [6.07, 6.45) is 2.84. The molecule has 136 valence electrons. The maximum atomic E-state index is 12.4. The molecule has 0 spiro atoms. The van der Waals surface area contributed by atoms with Crippen molar-refractivity contribution in [1.82, 2.24) is 15.1 Å². The number of hydrogen-bond acceptors (Lipinski definition) is 7. The molecule has 0 unspecified atom stereocenters. The minimum absolute atomic E-state index is 0.114. The van der Waals surface area contributed by atoms with Gasteiger partial charge in [-0.15, -0.1) is 0 Å². The Hall–Kier alpha value is -2.94. The van der Waals surface area contributed by atoms with Crippen LogP contribution in [0.2, 0.25) is 0 Å². The quantitative estimate of drug-likeness (QED) is 0.707. The van der Waals surface area contributed by atoms with Crippen molar-refractivity contribution in [2.24, 2.45) is 0 Å². The van der Waals surface area contributed by atoms with Gasteiger partial charge in [-0.2, -0.15) is 0 Å². The third-order valence-electron chi connectivity index (χ3n) is 3.73. The predicted molar refractivity (Wildman–Crippen MR) is 94.3 cm³/mol. The van der Waals surface area contributed by atoms with Crippen LogP contribution in [0.25, 0.3) is 0 Å². The van der Waals surface area contributed by atoms with Gasteiger partial charge in [0, 0.05) is 0 Å². The zero-order chi connectivity index (χ0) is 18.7. The predicted octanol–water partition coefficient (Wildman–Crippen LogP) is 2.77. The first-order valence-electron chi connectivity index (χ1n) is 7.81. The van der Waals surface area contributed by atoms with E-state index in [2.05, 4.69) is 19.8 Å². The summed E-state index contributed by atoms with van der Waals surface area (Å²) in [5, 5.41) is 3.87. The number of sulfonamides is 1. The largest absolute Gasteiger partial charge is 0.489 e. The van der Waals surface area contributed by atoms with E-state index < -0.39 is 10.0 Å². The molecule has 9 heteroatoms. The minimum Gasteiger partial charge on any atom is -0.489 e. The van der Waals surface area contributed by atoms with Crippen LogP contribution in [-0.4, -0.2) is 23.5 Å². The summed E-state index contributed by atoms with van der Waals surface area (Å²) >= 11 is 0.